The number of carboxylic acid groups (broad SMARTS) is 2. The number of carbonyl (C=O) groups is 2. The quantitative estimate of drug-likeness (QED) is 0.591. The maximum atomic E-state index is 9.10. The van der Waals surface area contributed by atoms with Crippen molar-refractivity contribution in [3.8, 4) is 0 Å². The summed E-state index contributed by atoms with van der Waals surface area (Å²) in [7, 11) is 0. The van der Waals surface area contributed by atoms with Crippen molar-refractivity contribution in [1.29, 1.82) is 0 Å². The number of hydrogen-bond acceptors (Lipinski definition) is 5. The predicted molar refractivity (Wildman–Crippen MR) is 103 cm³/mol. The highest BCUT2D eigenvalue weighted by Gasteiger charge is 2.18. The first kappa shape index (κ1) is 19.7. The Kier molecular flexibility index (Phi) is 6.46. The van der Waals surface area contributed by atoms with Gasteiger partial charge in [0.1, 0.15) is 5.76 Å². The predicted octanol–water partition coefficient (Wildman–Crippen LogP) is 2.23. The van der Waals surface area contributed by atoms with E-state index in [9.17, 15) is 0 Å². The Morgan fingerprint density at radius 1 is 0.929 bits per heavy atom. The number of furan rings is 1. The monoisotopic (exact) mass is 385 g/mol. The lowest BCUT2D eigenvalue weighted by Crippen LogP contribution is -2.45. The third-order valence-corrected chi connectivity index (χ3v) is 4.68. The normalized spacial score (nSPS) is 15.1. The van der Waals surface area contributed by atoms with E-state index in [2.05, 4.69) is 51.3 Å². The number of nitrogens with zero attached hydrogens (tertiary/aromatic N) is 2. The molecule has 3 N–H and O–H groups in total. The molecule has 0 spiro atoms. The van der Waals surface area contributed by atoms with E-state index in [4.69, 9.17) is 24.2 Å². The molecular weight excluding hydrogens is 362 g/mol. The molecule has 1 aromatic carbocycles. The highest BCUT2D eigenvalue weighted by Crippen LogP contribution is 2.20. The van der Waals surface area contributed by atoms with Crippen LogP contribution in [0.15, 0.2) is 53.3 Å². The van der Waals surface area contributed by atoms with E-state index in [0.717, 1.165) is 45.0 Å². The minimum Gasteiger partial charge on any atom is -0.473 e. The summed E-state index contributed by atoms with van der Waals surface area (Å²) >= 11 is 0. The van der Waals surface area contributed by atoms with Crippen LogP contribution >= 0.6 is 0 Å². The van der Waals surface area contributed by atoms with Gasteiger partial charge in [0.2, 0.25) is 0 Å². The fourth-order valence-electron chi connectivity index (χ4n) is 3.23. The molecule has 8 heteroatoms. The maximum absolute atomic E-state index is 9.10. The van der Waals surface area contributed by atoms with Gasteiger partial charge >= 0.3 is 11.9 Å². The number of carboxylic acids is 2. The van der Waals surface area contributed by atoms with Gasteiger partial charge in [0, 0.05) is 49.8 Å². The van der Waals surface area contributed by atoms with E-state index in [1.54, 1.807) is 6.26 Å². The largest absolute Gasteiger partial charge is 0.473 e. The molecule has 4 rings (SSSR count). The van der Waals surface area contributed by atoms with Crippen LogP contribution in [0.3, 0.4) is 0 Å². The highest BCUT2D eigenvalue weighted by atomic mass is 16.4. The van der Waals surface area contributed by atoms with Gasteiger partial charge in [-0.3, -0.25) is 9.80 Å². The summed E-state index contributed by atoms with van der Waals surface area (Å²) in [5.74, 6) is -2.59. The summed E-state index contributed by atoms with van der Waals surface area (Å²) in [6.45, 7) is 6.37. The van der Waals surface area contributed by atoms with Gasteiger partial charge in [-0.2, -0.15) is 0 Å². The maximum Gasteiger partial charge on any atom is 0.414 e. The molecule has 0 bridgehead atoms. The molecule has 1 aliphatic heterocycles. The van der Waals surface area contributed by atoms with Crippen molar-refractivity contribution in [2.45, 2.75) is 13.1 Å². The first-order chi connectivity index (χ1) is 13.5. The van der Waals surface area contributed by atoms with Gasteiger partial charge in [-0.15, -0.1) is 0 Å². The first-order valence-corrected chi connectivity index (χ1v) is 9.01. The second kappa shape index (κ2) is 9.20. The molecule has 1 saturated heterocycles. The fraction of sp³-hybridized carbons (Fsp3) is 0.300. The third-order valence-electron chi connectivity index (χ3n) is 4.68. The lowest BCUT2D eigenvalue weighted by molar-refractivity contribution is -0.159. The van der Waals surface area contributed by atoms with Gasteiger partial charge in [-0.05, 0) is 23.8 Å². The van der Waals surface area contributed by atoms with E-state index in [-0.39, 0.29) is 0 Å². The Morgan fingerprint density at radius 3 is 2.18 bits per heavy atom. The van der Waals surface area contributed by atoms with Crippen LogP contribution in [-0.2, 0) is 22.7 Å². The van der Waals surface area contributed by atoms with E-state index < -0.39 is 11.9 Å². The van der Waals surface area contributed by atoms with Crippen LogP contribution in [0, 0.1) is 0 Å². The van der Waals surface area contributed by atoms with Crippen LogP contribution < -0.4 is 0 Å². The van der Waals surface area contributed by atoms with Crippen molar-refractivity contribution in [2.75, 3.05) is 26.2 Å². The first-order valence-electron chi connectivity index (χ1n) is 9.01. The summed E-state index contributed by atoms with van der Waals surface area (Å²) < 4.78 is 5.44. The van der Waals surface area contributed by atoms with Gasteiger partial charge in [-0.25, -0.2) is 9.59 Å². The van der Waals surface area contributed by atoms with Crippen molar-refractivity contribution in [1.82, 2.24) is 14.8 Å². The Labute approximate surface area is 162 Å². The Morgan fingerprint density at radius 2 is 1.57 bits per heavy atom. The summed E-state index contributed by atoms with van der Waals surface area (Å²) in [4.78, 5) is 26.6. The number of nitrogens with one attached hydrogen (secondary N) is 1. The second-order valence-corrected chi connectivity index (χ2v) is 6.60. The molecule has 0 atom stereocenters. The zero-order valence-electron chi connectivity index (χ0n) is 15.4. The molecule has 3 aromatic rings. The number of rotatable bonds is 4. The van der Waals surface area contributed by atoms with Crippen LogP contribution in [0.1, 0.15) is 11.3 Å². The number of hydrogen-bond donors (Lipinski definition) is 3. The van der Waals surface area contributed by atoms with Gasteiger partial charge in [-0.1, -0.05) is 18.2 Å². The lowest BCUT2D eigenvalue weighted by Gasteiger charge is -2.34. The second-order valence-electron chi connectivity index (χ2n) is 6.60. The molecule has 28 heavy (non-hydrogen) atoms. The van der Waals surface area contributed by atoms with Crippen LogP contribution in [0.2, 0.25) is 0 Å². The van der Waals surface area contributed by atoms with Crippen molar-refractivity contribution >= 4 is 22.8 Å². The molecule has 0 radical (unpaired) electrons. The van der Waals surface area contributed by atoms with Crippen LogP contribution in [0.5, 0.6) is 0 Å². The molecule has 1 fully saturated rings. The molecule has 0 saturated carbocycles. The standard InChI is InChI=1S/C18H21N3O.C2H2O4/c1-2-6-18-17(5-1)15(12-19-18)13-20-7-9-21(10-8-20)14-16-4-3-11-22-16;3-1(4)2(5)6/h1-6,11-12,19H,7-10,13-14H2;(H,3,4)(H,5,6). The smallest absolute Gasteiger partial charge is 0.414 e. The van der Waals surface area contributed by atoms with E-state index in [1.807, 2.05) is 6.07 Å². The summed E-state index contributed by atoms with van der Waals surface area (Å²) in [6.07, 6.45) is 3.91. The topological polar surface area (TPSA) is 110 Å². The van der Waals surface area contributed by atoms with Gasteiger partial charge < -0.3 is 19.6 Å². The number of fused-ring (bicyclic) bond motifs is 1. The van der Waals surface area contributed by atoms with E-state index in [0.29, 0.717) is 0 Å². The van der Waals surface area contributed by atoms with E-state index >= 15 is 0 Å². The Hall–Kier alpha value is -3.10. The number of aromatic nitrogens is 1. The Balaban J connectivity index is 0.000000330. The van der Waals surface area contributed by atoms with Gasteiger partial charge in [0.05, 0.1) is 12.8 Å². The molecule has 0 aliphatic carbocycles. The average Bonchev–Trinajstić information content (AvgIpc) is 3.34. The van der Waals surface area contributed by atoms with Crippen molar-refractivity contribution < 1.29 is 24.2 Å². The highest BCUT2D eigenvalue weighted by molar-refractivity contribution is 6.27. The molecular formula is C20H23N3O5. The van der Waals surface area contributed by atoms with Crippen LogP contribution in [-0.4, -0.2) is 63.1 Å². The number of aromatic amines is 1. The number of para-hydroxylation sites is 1. The van der Waals surface area contributed by atoms with E-state index in [1.165, 1.54) is 16.5 Å². The molecule has 0 unspecified atom stereocenters. The number of aliphatic carboxylic acids is 2. The summed E-state index contributed by atoms with van der Waals surface area (Å²) in [6, 6.07) is 12.5. The minimum atomic E-state index is -1.82. The average molecular weight is 385 g/mol. The minimum absolute atomic E-state index is 0.925. The van der Waals surface area contributed by atoms with Gasteiger partial charge in [0.25, 0.3) is 0 Å². The van der Waals surface area contributed by atoms with Crippen LogP contribution in [0.4, 0.5) is 0 Å². The molecule has 2 aromatic heterocycles. The van der Waals surface area contributed by atoms with Crippen molar-refractivity contribution in [3.63, 3.8) is 0 Å². The van der Waals surface area contributed by atoms with Crippen molar-refractivity contribution in [3.05, 3.63) is 60.2 Å². The van der Waals surface area contributed by atoms with Crippen LogP contribution in [0.25, 0.3) is 10.9 Å². The number of H-pyrrole nitrogens is 1. The zero-order valence-corrected chi connectivity index (χ0v) is 15.4. The molecule has 1 aliphatic rings. The third kappa shape index (κ3) is 5.21. The summed E-state index contributed by atoms with van der Waals surface area (Å²) in [5, 5.41) is 16.1. The molecule has 3 heterocycles. The molecule has 0 amide bonds. The summed E-state index contributed by atoms with van der Waals surface area (Å²) in [5.41, 5.74) is 2.63. The van der Waals surface area contributed by atoms with Gasteiger partial charge in [0.15, 0.2) is 0 Å². The van der Waals surface area contributed by atoms with Crippen molar-refractivity contribution in [2.24, 2.45) is 0 Å². The molecule has 8 nitrogen and oxygen atoms in total. The molecule has 148 valence electrons. The number of piperazine rings is 1. The lowest BCUT2D eigenvalue weighted by atomic mass is 10.1. The number of benzene rings is 1. The zero-order chi connectivity index (χ0) is 19.9. The Bertz CT molecular complexity index is 899. The fourth-order valence-corrected chi connectivity index (χ4v) is 3.23. The SMILES string of the molecule is O=C(O)C(=O)O.c1coc(CN2CCN(Cc3c[nH]c4ccccc34)CC2)c1.